The summed E-state index contributed by atoms with van der Waals surface area (Å²) in [4.78, 5) is 30.3. The van der Waals surface area contributed by atoms with Crippen molar-refractivity contribution in [3.63, 3.8) is 0 Å². The van der Waals surface area contributed by atoms with E-state index < -0.39 is 0 Å². The molecule has 1 saturated heterocycles. The number of likely N-dealkylation sites (N-methyl/N-ethyl adjacent to an activating group) is 1. The van der Waals surface area contributed by atoms with Crippen molar-refractivity contribution in [2.45, 2.75) is 20.3 Å². The van der Waals surface area contributed by atoms with Crippen molar-refractivity contribution in [1.29, 1.82) is 0 Å². The third-order valence-electron chi connectivity index (χ3n) is 4.77. The van der Waals surface area contributed by atoms with Gasteiger partial charge in [-0.25, -0.2) is 0 Å². The Morgan fingerprint density at radius 2 is 1.84 bits per heavy atom. The Morgan fingerprint density at radius 3 is 2.52 bits per heavy atom. The largest absolute Gasteiger partial charge is 0.454 e. The summed E-state index contributed by atoms with van der Waals surface area (Å²) in [6, 6.07) is 5.40. The Bertz CT molecular complexity index is 641. The number of benzene rings is 1. The van der Waals surface area contributed by atoms with E-state index in [2.05, 4.69) is 11.8 Å². The topological polar surface area (TPSA) is 62.3 Å². The maximum atomic E-state index is 12.5. The Labute approximate surface area is 148 Å². The van der Waals surface area contributed by atoms with Gasteiger partial charge in [-0.15, -0.1) is 0 Å². The number of fused-ring (bicyclic) bond motifs is 1. The SMILES string of the molecule is CCN1CCN(C(=O)CCN(C(C)=O)c2ccc3c(c2)OCO3)CC1. The average molecular weight is 347 g/mol. The standard InChI is InChI=1S/C18H25N3O4/c1-3-19-8-10-20(11-9-19)18(23)6-7-21(14(2)22)15-4-5-16-17(12-15)25-13-24-16/h4-5,12H,3,6-11,13H2,1-2H3. The normalized spacial score (nSPS) is 16.8. The molecule has 7 heteroatoms. The van der Waals surface area contributed by atoms with Crippen LogP contribution in [-0.2, 0) is 9.59 Å². The summed E-state index contributed by atoms with van der Waals surface area (Å²) >= 11 is 0. The van der Waals surface area contributed by atoms with Gasteiger partial charge in [0, 0.05) is 57.8 Å². The molecule has 3 rings (SSSR count). The fourth-order valence-electron chi connectivity index (χ4n) is 3.20. The first-order valence-corrected chi connectivity index (χ1v) is 8.76. The van der Waals surface area contributed by atoms with Crippen molar-refractivity contribution >= 4 is 17.5 Å². The number of anilines is 1. The van der Waals surface area contributed by atoms with Gasteiger partial charge in [0.05, 0.1) is 0 Å². The number of carbonyl (C=O) groups excluding carboxylic acids is 2. The second-order valence-corrected chi connectivity index (χ2v) is 6.27. The zero-order chi connectivity index (χ0) is 17.8. The van der Waals surface area contributed by atoms with Crippen LogP contribution in [0.2, 0.25) is 0 Å². The summed E-state index contributed by atoms with van der Waals surface area (Å²) < 4.78 is 10.7. The molecular formula is C18H25N3O4. The van der Waals surface area contributed by atoms with Gasteiger partial charge in [-0.3, -0.25) is 9.59 Å². The van der Waals surface area contributed by atoms with Crippen LogP contribution in [0.1, 0.15) is 20.3 Å². The highest BCUT2D eigenvalue weighted by atomic mass is 16.7. The second kappa shape index (κ2) is 7.74. The molecule has 7 nitrogen and oxygen atoms in total. The molecule has 0 spiro atoms. The minimum atomic E-state index is -0.0949. The molecule has 136 valence electrons. The van der Waals surface area contributed by atoms with Gasteiger partial charge in [0.2, 0.25) is 18.6 Å². The molecule has 1 aromatic carbocycles. The summed E-state index contributed by atoms with van der Waals surface area (Å²) in [6.07, 6.45) is 0.320. The van der Waals surface area contributed by atoms with E-state index in [0.717, 1.165) is 38.4 Å². The Hall–Kier alpha value is -2.28. The maximum Gasteiger partial charge on any atom is 0.231 e. The zero-order valence-corrected chi connectivity index (χ0v) is 14.9. The Morgan fingerprint density at radius 1 is 1.12 bits per heavy atom. The zero-order valence-electron chi connectivity index (χ0n) is 14.9. The molecule has 0 bridgehead atoms. The second-order valence-electron chi connectivity index (χ2n) is 6.27. The predicted molar refractivity (Wildman–Crippen MR) is 93.9 cm³/mol. The minimum absolute atomic E-state index is 0.0949. The lowest BCUT2D eigenvalue weighted by Gasteiger charge is -2.34. The minimum Gasteiger partial charge on any atom is -0.454 e. The van der Waals surface area contributed by atoms with E-state index >= 15 is 0 Å². The number of nitrogens with zero attached hydrogens (tertiary/aromatic N) is 3. The molecule has 2 aliphatic heterocycles. The summed E-state index contributed by atoms with van der Waals surface area (Å²) in [6.45, 7) is 8.57. The lowest BCUT2D eigenvalue weighted by atomic mass is 10.2. The van der Waals surface area contributed by atoms with Gasteiger partial charge in [0.15, 0.2) is 11.5 Å². The number of hydrogen-bond acceptors (Lipinski definition) is 5. The summed E-state index contributed by atoms with van der Waals surface area (Å²) in [5.74, 6) is 1.31. The van der Waals surface area contributed by atoms with Crippen LogP contribution in [0.3, 0.4) is 0 Å². The van der Waals surface area contributed by atoms with Crippen molar-refractivity contribution in [3.8, 4) is 11.5 Å². The number of hydrogen-bond donors (Lipinski definition) is 0. The molecule has 2 amide bonds. The van der Waals surface area contributed by atoms with Gasteiger partial charge >= 0.3 is 0 Å². The molecule has 0 atom stereocenters. The number of ether oxygens (including phenoxy) is 2. The van der Waals surface area contributed by atoms with Gasteiger partial charge in [-0.2, -0.15) is 0 Å². The Kier molecular flexibility index (Phi) is 5.43. The molecule has 2 aliphatic rings. The van der Waals surface area contributed by atoms with Crippen LogP contribution in [0.5, 0.6) is 11.5 Å². The Balaban J connectivity index is 1.59. The predicted octanol–water partition coefficient (Wildman–Crippen LogP) is 1.32. The van der Waals surface area contributed by atoms with E-state index in [1.807, 2.05) is 11.0 Å². The molecule has 1 fully saturated rings. The average Bonchev–Trinajstić information content (AvgIpc) is 3.09. The quantitative estimate of drug-likeness (QED) is 0.804. The van der Waals surface area contributed by atoms with Gasteiger partial charge in [-0.1, -0.05) is 6.92 Å². The monoisotopic (exact) mass is 347 g/mol. The molecule has 25 heavy (non-hydrogen) atoms. The molecule has 1 aromatic rings. The maximum absolute atomic E-state index is 12.5. The molecule has 0 aromatic heterocycles. The highest BCUT2D eigenvalue weighted by Gasteiger charge is 2.22. The number of rotatable bonds is 5. The van der Waals surface area contributed by atoms with Gasteiger partial charge in [0.1, 0.15) is 0 Å². The molecular weight excluding hydrogens is 322 g/mol. The van der Waals surface area contributed by atoms with Gasteiger partial charge in [-0.05, 0) is 18.7 Å². The van der Waals surface area contributed by atoms with Crippen LogP contribution < -0.4 is 14.4 Å². The van der Waals surface area contributed by atoms with Crippen LogP contribution in [0, 0.1) is 0 Å². The van der Waals surface area contributed by atoms with Crippen molar-refractivity contribution in [2.24, 2.45) is 0 Å². The van der Waals surface area contributed by atoms with E-state index in [1.165, 1.54) is 6.92 Å². The van der Waals surface area contributed by atoms with Gasteiger partial charge < -0.3 is 24.2 Å². The van der Waals surface area contributed by atoms with Crippen LogP contribution in [0.4, 0.5) is 5.69 Å². The summed E-state index contributed by atoms with van der Waals surface area (Å²) in [5.41, 5.74) is 0.723. The first kappa shape index (κ1) is 17.5. The highest BCUT2D eigenvalue weighted by molar-refractivity contribution is 5.92. The van der Waals surface area contributed by atoms with E-state index in [1.54, 1.807) is 17.0 Å². The lowest BCUT2D eigenvalue weighted by Crippen LogP contribution is -2.49. The molecule has 2 heterocycles. The first-order valence-electron chi connectivity index (χ1n) is 8.76. The highest BCUT2D eigenvalue weighted by Crippen LogP contribution is 2.35. The van der Waals surface area contributed by atoms with E-state index in [-0.39, 0.29) is 18.6 Å². The van der Waals surface area contributed by atoms with Crippen molar-refractivity contribution in [2.75, 3.05) is 51.0 Å². The molecule has 0 aliphatic carbocycles. The lowest BCUT2D eigenvalue weighted by molar-refractivity contribution is -0.132. The van der Waals surface area contributed by atoms with Crippen molar-refractivity contribution in [3.05, 3.63) is 18.2 Å². The van der Waals surface area contributed by atoms with E-state index in [9.17, 15) is 9.59 Å². The number of carbonyl (C=O) groups is 2. The number of amides is 2. The van der Waals surface area contributed by atoms with Crippen LogP contribution in [0.15, 0.2) is 18.2 Å². The van der Waals surface area contributed by atoms with Crippen LogP contribution in [0.25, 0.3) is 0 Å². The van der Waals surface area contributed by atoms with Crippen LogP contribution >= 0.6 is 0 Å². The molecule has 0 saturated carbocycles. The molecule has 0 radical (unpaired) electrons. The number of piperazine rings is 1. The third kappa shape index (κ3) is 4.04. The summed E-state index contributed by atoms with van der Waals surface area (Å²) in [7, 11) is 0. The fraction of sp³-hybridized carbons (Fsp3) is 0.556. The smallest absolute Gasteiger partial charge is 0.231 e. The molecule has 0 N–H and O–H groups in total. The third-order valence-corrected chi connectivity index (χ3v) is 4.77. The summed E-state index contributed by atoms with van der Waals surface area (Å²) in [5, 5.41) is 0. The van der Waals surface area contributed by atoms with E-state index in [0.29, 0.717) is 24.5 Å². The van der Waals surface area contributed by atoms with Gasteiger partial charge in [0.25, 0.3) is 0 Å². The van der Waals surface area contributed by atoms with Crippen molar-refractivity contribution in [1.82, 2.24) is 9.80 Å². The first-order chi connectivity index (χ1) is 12.1. The molecule has 0 unspecified atom stereocenters. The van der Waals surface area contributed by atoms with Crippen LogP contribution in [-0.4, -0.2) is 67.7 Å². The van der Waals surface area contributed by atoms with E-state index in [4.69, 9.17) is 9.47 Å². The van der Waals surface area contributed by atoms with Crippen molar-refractivity contribution < 1.29 is 19.1 Å². The fourth-order valence-corrected chi connectivity index (χ4v) is 3.20.